The molecule has 3 heteroatoms. The summed E-state index contributed by atoms with van der Waals surface area (Å²) in [6.07, 6.45) is 2.30. The van der Waals surface area contributed by atoms with Gasteiger partial charge in [0.2, 0.25) is 0 Å². The highest BCUT2D eigenvalue weighted by Crippen LogP contribution is 2.37. The smallest absolute Gasteiger partial charge is 0.142 e. The highest BCUT2D eigenvalue weighted by Gasteiger charge is 2.18. The summed E-state index contributed by atoms with van der Waals surface area (Å²) in [6.45, 7) is 2.59. The second-order valence-electron chi connectivity index (χ2n) is 5.13. The molecule has 1 heterocycles. The summed E-state index contributed by atoms with van der Waals surface area (Å²) in [5.74, 6) is 1.58. The summed E-state index contributed by atoms with van der Waals surface area (Å²) in [5.41, 5.74) is 2.29. The molecular formula is C17H17ClO2. The Bertz CT molecular complexity index is 595. The van der Waals surface area contributed by atoms with Crippen LogP contribution in [0.4, 0.5) is 0 Å². The Balaban J connectivity index is 1.78. The molecule has 2 aromatic carbocycles. The number of hydrogen-bond acceptors (Lipinski definition) is 2. The van der Waals surface area contributed by atoms with Crippen LogP contribution in [0.15, 0.2) is 42.5 Å². The standard InChI is InChI=1S/C17H17ClO2/c1-12-7-8-14-9-15(18)17(10-16(14)20-12)19-11-13-5-3-2-4-6-13/h2-6,9-10,12H,7-8,11H2,1H3. The number of hydrogen-bond donors (Lipinski definition) is 0. The third-order valence-electron chi connectivity index (χ3n) is 3.50. The fraction of sp³-hybridized carbons (Fsp3) is 0.294. The topological polar surface area (TPSA) is 18.5 Å². The summed E-state index contributed by atoms with van der Waals surface area (Å²) in [5, 5.41) is 0.651. The molecule has 0 amide bonds. The third kappa shape index (κ3) is 2.91. The highest BCUT2D eigenvalue weighted by atomic mass is 35.5. The molecule has 0 saturated carbocycles. The first kappa shape index (κ1) is 13.3. The van der Waals surface area contributed by atoms with E-state index in [-0.39, 0.29) is 6.10 Å². The van der Waals surface area contributed by atoms with Crippen LogP contribution in [0.2, 0.25) is 5.02 Å². The second-order valence-corrected chi connectivity index (χ2v) is 5.54. The molecule has 3 rings (SSSR count). The minimum absolute atomic E-state index is 0.255. The lowest BCUT2D eigenvalue weighted by molar-refractivity contribution is 0.191. The van der Waals surface area contributed by atoms with E-state index in [0.29, 0.717) is 17.4 Å². The molecule has 20 heavy (non-hydrogen) atoms. The van der Waals surface area contributed by atoms with Crippen LogP contribution in [0.3, 0.4) is 0 Å². The van der Waals surface area contributed by atoms with Crippen LogP contribution in [0.1, 0.15) is 24.5 Å². The van der Waals surface area contributed by atoms with Gasteiger partial charge in [-0.1, -0.05) is 41.9 Å². The van der Waals surface area contributed by atoms with Crippen molar-refractivity contribution in [1.82, 2.24) is 0 Å². The molecule has 1 atom stereocenters. The highest BCUT2D eigenvalue weighted by molar-refractivity contribution is 6.32. The molecule has 0 radical (unpaired) electrons. The van der Waals surface area contributed by atoms with Crippen LogP contribution < -0.4 is 9.47 Å². The Morgan fingerprint density at radius 1 is 1.25 bits per heavy atom. The largest absolute Gasteiger partial charge is 0.490 e. The molecule has 104 valence electrons. The normalized spacial score (nSPS) is 17.2. The van der Waals surface area contributed by atoms with Gasteiger partial charge in [-0.05, 0) is 37.0 Å². The maximum Gasteiger partial charge on any atom is 0.142 e. The first-order valence-corrected chi connectivity index (χ1v) is 7.26. The van der Waals surface area contributed by atoms with Crippen molar-refractivity contribution in [3.05, 3.63) is 58.6 Å². The molecule has 0 fully saturated rings. The van der Waals surface area contributed by atoms with Gasteiger partial charge in [0.05, 0.1) is 11.1 Å². The van der Waals surface area contributed by atoms with Crippen LogP contribution >= 0.6 is 11.6 Å². The van der Waals surface area contributed by atoms with Crippen molar-refractivity contribution < 1.29 is 9.47 Å². The van der Waals surface area contributed by atoms with Crippen molar-refractivity contribution in [1.29, 1.82) is 0 Å². The van der Waals surface area contributed by atoms with E-state index in [9.17, 15) is 0 Å². The van der Waals surface area contributed by atoms with Gasteiger partial charge in [0, 0.05) is 6.07 Å². The zero-order chi connectivity index (χ0) is 13.9. The van der Waals surface area contributed by atoms with Gasteiger partial charge in [-0.3, -0.25) is 0 Å². The maximum absolute atomic E-state index is 6.28. The molecule has 0 bridgehead atoms. The zero-order valence-corrected chi connectivity index (χ0v) is 12.2. The average molecular weight is 289 g/mol. The number of benzene rings is 2. The number of fused-ring (bicyclic) bond motifs is 1. The molecule has 2 nitrogen and oxygen atoms in total. The van der Waals surface area contributed by atoms with Gasteiger partial charge in [-0.25, -0.2) is 0 Å². The Morgan fingerprint density at radius 3 is 2.85 bits per heavy atom. The predicted molar refractivity (Wildman–Crippen MR) is 80.6 cm³/mol. The van der Waals surface area contributed by atoms with E-state index in [1.807, 2.05) is 42.5 Å². The van der Waals surface area contributed by atoms with Crippen LogP contribution in [0, 0.1) is 0 Å². The van der Waals surface area contributed by atoms with Gasteiger partial charge in [0.1, 0.15) is 18.1 Å². The molecule has 0 spiro atoms. The van der Waals surface area contributed by atoms with Gasteiger partial charge in [-0.15, -0.1) is 0 Å². The van der Waals surface area contributed by atoms with Crippen LogP contribution in [-0.4, -0.2) is 6.10 Å². The van der Waals surface area contributed by atoms with Crippen molar-refractivity contribution in [3.63, 3.8) is 0 Å². The lowest BCUT2D eigenvalue weighted by atomic mass is 10.0. The van der Waals surface area contributed by atoms with Crippen LogP contribution in [0.5, 0.6) is 11.5 Å². The molecule has 2 aromatic rings. The minimum Gasteiger partial charge on any atom is -0.490 e. The Labute approximate surface area is 124 Å². The average Bonchev–Trinajstić information content (AvgIpc) is 2.46. The van der Waals surface area contributed by atoms with Crippen LogP contribution in [-0.2, 0) is 13.0 Å². The molecule has 1 unspecified atom stereocenters. The van der Waals surface area contributed by atoms with E-state index in [4.69, 9.17) is 21.1 Å². The lowest BCUT2D eigenvalue weighted by Gasteiger charge is -2.24. The van der Waals surface area contributed by atoms with Crippen molar-refractivity contribution in [2.24, 2.45) is 0 Å². The fourth-order valence-electron chi connectivity index (χ4n) is 2.36. The molecule has 1 aliphatic rings. The summed E-state index contributed by atoms with van der Waals surface area (Å²) in [7, 11) is 0. The van der Waals surface area contributed by atoms with Crippen molar-refractivity contribution in [2.75, 3.05) is 0 Å². The summed E-state index contributed by atoms with van der Waals surface area (Å²) in [6, 6.07) is 13.9. The number of aryl methyl sites for hydroxylation is 1. The van der Waals surface area contributed by atoms with E-state index < -0.39 is 0 Å². The number of ether oxygens (including phenoxy) is 2. The van der Waals surface area contributed by atoms with E-state index >= 15 is 0 Å². The lowest BCUT2D eigenvalue weighted by Crippen LogP contribution is -2.18. The molecule has 0 aliphatic carbocycles. The van der Waals surface area contributed by atoms with E-state index in [0.717, 1.165) is 24.2 Å². The summed E-state index contributed by atoms with van der Waals surface area (Å²) < 4.78 is 11.7. The molecule has 0 N–H and O–H groups in total. The SMILES string of the molecule is CC1CCc2cc(Cl)c(OCc3ccccc3)cc2O1. The van der Waals surface area contributed by atoms with E-state index in [2.05, 4.69) is 6.92 Å². The van der Waals surface area contributed by atoms with Gasteiger partial charge >= 0.3 is 0 Å². The maximum atomic E-state index is 6.28. The van der Waals surface area contributed by atoms with Gasteiger partial charge in [-0.2, -0.15) is 0 Å². The first-order chi connectivity index (χ1) is 9.72. The number of rotatable bonds is 3. The van der Waals surface area contributed by atoms with Gasteiger partial charge < -0.3 is 9.47 Å². The van der Waals surface area contributed by atoms with Gasteiger partial charge in [0.25, 0.3) is 0 Å². The Morgan fingerprint density at radius 2 is 2.05 bits per heavy atom. The van der Waals surface area contributed by atoms with E-state index in [1.54, 1.807) is 0 Å². The zero-order valence-electron chi connectivity index (χ0n) is 11.4. The second kappa shape index (κ2) is 5.76. The Kier molecular flexibility index (Phi) is 3.83. The van der Waals surface area contributed by atoms with Gasteiger partial charge in [0.15, 0.2) is 0 Å². The summed E-state index contributed by atoms with van der Waals surface area (Å²) >= 11 is 6.28. The van der Waals surface area contributed by atoms with Crippen molar-refractivity contribution in [3.8, 4) is 11.5 Å². The fourth-order valence-corrected chi connectivity index (χ4v) is 2.60. The van der Waals surface area contributed by atoms with Crippen molar-refractivity contribution in [2.45, 2.75) is 32.5 Å². The Hall–Kier alpha value is -1.67. The van der Waals surface area contributed by atoms with Crippen LogP contribution in [0.25, 0.3) is 0 Å². The molecule has 0 saturated heterocycles. The van der Waals surface area contributed by atoms with Crippen molar-refractivity contribution >= 4 is 11.6 Å². The summed E-state index contributed by atoms with van der Waals surface area (Å²) in [4.78, 5) is 0. The predicted octanol–water partition coefficient (Wildman–Crippen LogP) is 4.63. The third-order valence-corrected chi connectivity index (χ3v) is 3.80. The molecular weight excluding hydrogens is 272 g/mol. The first-order valence-electron chi connectivity index (χ1n) is 6.88. The number of halogens is 1. The molecule has 1 aliphatic heterocycles. The quantitative estimate of drug-likeness (QED) is 0.819. The molecule has 0 aromatic heterocycles. The monoisotopic (exact) mass is 288 g/mol. The minimum atomic E-state index is 0.255. The van der Waals surface area contributed by atoms with E-state index in [1.165, 1.54) is 5.56 Å².